The molecule has 0 saturated heterocycles. The zero-order valence-corrected chi connectivity index (χ0v) is 20.5. The van der Waals surface area contributed by atoms with Crippen LogP contribution in [0.15, 0.2) is 42.5 Å². The maximum Gasteiger partial charge on any atom is 0.251 e. The quantitative estimate of drug-likeness (QED) is 0.239. The molecule has 0 fully saturated rings. The highest BCUT2D eigenvalue weighted by molar-refractivity contribution is 7.80. The lowest BCUT2D eigenvalue weighted by molar-refractivity contribution is -0.115. The fourth-order valence-electron chi connectivity index (χ4n) is 3.94. The van der Waals surface area contributed by atoms with Crippen molar-refractivity contribution < 1.29 is 14.3 Å². The molecule has 0 atom stereocenters. The molecule has 2 aromatic carbocycles. The van der Waals surface area contributed by atoms with E-state index in [2.05, 4.69) is 26.8 Å². The van der Waals surface area contributed by atoms with Gasteiger partial charge in [-0.3, -0.25) is 9.69 Å². The first-order valence-corrected chi connectivity index (χ1v) is 12.3. The Labute approximate surface area is 194 Å². The second-order valence-electron chi connectivity index (χ2n) is 7.86. The number of carbonyl (C=O) groups excluding carboxylic acids is 1. The molecule has 1 amide bonds. The lowest BCUT2D eigenvalue weighted by atomic mass is 9.86. The Morgan fingerprint density at radius 3 is 2.52 bits per heavy atom. The lowest BCUT2D eigenvalue weighted by Gasteiger charge is -2.42. The molecular formula is C24H23NO3S3. The van der Waals surface area contributed by atoms with Gasteiger partial charge in [-0.1, -0.05) is 50.6 Å². The number of carbonyl (C=O) groups is 1. The summed E-state index contributed by atoms with van der Waals surface area (Å²) in [5.41, 5.74) is 4.52. The molecule has 3 aromatic rings. The highest BCUT2D eigenvalue weighted by Gasteiger charge is 2.42. The van der Waals surface area contributed by atoms with Crippen LogP contribution in [0.4, 0.5) is 5.69 Å². The van der Waals surface area contributed by atoms with Crippen molar-refractivity contribution in [3.05, 3.63) is 62.3 Å². The maximum absolute atomic E-state index is 13.5. The van der Waals surface area contributed by atoms with Gasteiger partial charge in [0.2, 0.25) is 0 Å². The SMILES string of the molecule is COc1ccc(C=CC(=O)N2c3ccc(C)cc3-c3c(ssc3=S)C2(C)C)cc1OC. The number of hydrogen-bond donors (Lipinski definition) is 0. The zero-order chi connectivity index (χ0) is 22.3. The van der Waals surface area contributed by atoms with Gasteiger partial charge in [0.1, 0.15) is 3.82 Å². The summed E-state index contributed by atoms with van der Waals surface area (Å²) in [5, 5.41) is 0. The number of aryl methyl sites for hydroxylation is 1. The van der Waals surface area contributed by atoms with Crippen molar-refractivity contribution in [1.29, 1.82) is 0 Å². The summed E-state index contributed by atoms with van der Waals surface area (Å²) < 4.78 is 11.5. The van der Waals surface area contributed by atoms with Gasteiger partial charge in [-0.15, -0.1) is 0 Å². The minimum Gasteiger partial charge on any atom is -0.493 e. The average Bonchev–Trinajstić information content (AvgIpc) is 3.15. The van der Waals surface area contributed by atoms with E-state index in [1.165, 1.54) is 0 Å². The van der Waals surface area contributed by atoms with Crippen LogP contribution in [0.5, 0.6) is 11.5 Å². The number of benzene rings is 2. The summed E-state index contributed by atoms with van der Waals surface area (Å²) in [6.07, 6.45) is 3.42. The average molecular weight is 470 g/mol. The second-order valence-corrected chi connectivity index (χ2v) is 10.7. The van der Waals surface area contributed by atoms with Gasteiger partial charge in [-0.05, 0) is 56.7 Å². The third-order valence-corrected chi connectivity index (χ3v) is 8.78. The van der Waals surface area contributed by atoms with Crippen LogP contribution in [-0.4, -0.2) is 20.1 Å². The predicted molar refractivity (Wildman–Crippen MR) is 132 cm³/mol. The number of amides is 1. The number of hydrogen-bond acceptors (Lipinski definition) is 6. The van der Waals surface area contributed by atoms with Crippen molar-refractivity contribution >= 4 is 50.6 Å². The normalized spacial score (nSPS) is 14.3. The van der Waals surface area contributed by atoms with E-state index < -0.39 is 5.54 Å². The zero-order valence-electron chi connectivity index (χ0n) is 18.0. The molecule has 31 heavy (non-hydrogen) atoms. The Balaban J connectivity index is 1.76. The third kappa shape index (κ3) is 3.71. The summed E-state index contributed by atoms with van der Waals surface area (Å²) in [4.78, 5) is 16.5. The topological polar surface area (TPSA) is 38.8 Å². The van der Waals surface area contributed by atoms with E-state index in [1.807, 2.05) is 35.2 Å². The highest BCUT2D eigenvalue weighted by atomic mass is 32.9. The van der Waals surface area contributed by atoms with Crippen LogP contribution in [0.25, 0.3) is 17.2 Å². The van der Waals surface area contributed by atoms with Gasteiger partial charge in [-0.2, -0.15) is 0 Å². The lowest BCUT2D eigenvalue weighted by Crippen LogP contribution is -2.47. The molecule has 1 aromatic heterocycles. The molecule has 1 aliphatic rings. The van der Waals surface area contributed by atoms with Gasteiger partial charge >= 0.3 is 0 Å². The minimum atomic E-state index is -0.505. The fraction of sp³-hybridized carbons (Fsp3) is 0.250. The van der Waals surface area contributed by atoms with Crippen molar-refractivity contribution in [2.24, 2.45) is 0 Å². The summed E-state index contributed by atoms with van der Waals surface area (Å²) >= 11 is 5.65. The summed E-state index contributed by atoms with van der Waals surface area (Å²) in [7, 11) is 6.46. The Morgan fingerprint density at radius 1 is 1.06 bits per heavy atom. The van der Waals surface area contributed by atoms with Crippen molar-refractivity contribution in [3.8, 4) is 22.6 Å². The van der Waals surface area contributed by atoms with Crippen molar-refractivity contribution in [2.45, 2.75) is 26.3 Å². The Hall–Kier alpha value is -2.48. The van der Waals surface area contributed by atoms with E-state index in [0.29, 0.717) is 11.5 Å². The monoisotopic (exact) mass is 469 g/mol. The largest absolute Gasteiger partial charge is 0.493 e. The molecule has 0 radical (unpaired) electrons. The van der Waals surface area contributed by atoms with Crippen LogP contribution >= 0.6 is 32.9 Å². The summed E-state index contributed by atoms with van der Waals surface area (Å²) in [5.74, 6) is 1.19. The minimum absolute atomic E-state index is 0.0835. The van der Waals surface area contributed by atoms with E-state index in [9.17, 15) is 4.79 Å². The second kappa shape index (κ2) is 8.22. The molecule has 0 spiro atoms. The highest BCUT2D eigenvalue weighted by Crippen LogP contribution is 2.52. The van der Waals surface area contributed by atoms with Crippen molar-refractivity contribution in [3.63, 3.8) is 0 Å². The molecule has 0 aliphatic carbocycles. The molecule has 2 heterocycles. The number of ether oxygens (including phenoxy) is 2. The van der Waals surface area contributed by atoms with E-state index in [4.69, 9.17) is 21.7 Å². The molecule has 0 bridgehead atoms. The molecular weight excluding hydrogens is 446 g/mol. The molecule has 7 heteroatoms. The van der Waals surface area contributed by atoms with Crippen LogP contribution in [-0.2, 0) is 10.3 Å². The van der Waals surface area contributed by atoms with Crippen LogP contribution in [0.3, 0.4) is 0 Å². The molecule has 0 N–H and O–H groups in total. The van der Waals surface area contributed by atoms with Gasteiger partial charge in [0.15, 0.2) is 11.5 Å². The number of anilines is 1. The Morgan fingerprint density at radius 2 is 1.81 bits per heavy atom. The Bertz CT molecular complexity index is 1250. The smallest absolute Gasteiger partial charge is 0.251 e. The van der Waals surface area contributed by atoms with E-state index in [1.54, 1.807) is 47.1 Å². The van der Waals surface area contributed by atoms with Crippen LogP contribution < -0.4 is 14.4 Å². The fourth-order valence-corrected chi connectivity index (χ4v) is 7.22. The first-order valence-electron chi connectivity index (χ1n) is 9.77. The molecule has 0 unspecified atom stereocenters. The van der Waals surface area contributed by atoms with Gasteiger partial charge in [0.25, 0.3) is 5.91 Å². The summed E-state index contributed by atoms with van der Waals surface area (Å²) in [6, 6.07) is 11.8. The molecule has 160 valence electrons. The van der Waals surface area contributed by atoms with E-state index in [-0.39, 0.29) is 5.91 Å². The number of nitrogens with zero attached hydrogens (tertiary/aromatic N) is 1. The summed E-state index contributed by atoms with van der Waals surface area (Å²) in [6.45, 7) is 6.21. The predicted octanol–water partition coefficient (Wildman–Crippen LogP) is 6.83. The van der Waals surface area contributed by atoms with Gasteiger partial charge in [0.05, 0.1) is 30.3 Å². The number of rotatable bonds is 4. The molecule has 4 rings (SSSR count). The van der Waals surface area contributed by atoms with Crippen molar-refractivity contribution in [2.75, 3.05) is 19.1 Å². The van der Waals surface area contributed by atoms with Gasteiger partial charge in [0, 0.05) is 17.2 Å². The Kier molecular flexibility index (Phi) is 5.77. The van der Waals surface area contributed by atoms with E-state index >= 15 is 0 Å². The first-order chi connectivity index (χ1) is 14.8. The van der Waals surface area contributed by atoms with Crippen LogP contribution in [0, 0.1) is 10.7 Å². The van der Waals surface area contributed by atoms with Crippen molar-refractivity contribution in [1.82, 2.24) is 0 Å². The third-order valence-electron chi connectivity index (χ3n) is 5.46. The number of methoxy groups -OCH3 is 2. The molecule has 0 saturated carbocycles. The molecule has 1 aliphatic heterocycles. The number of fused-ring (bicyclic) bond motifs is 3. The van der Waals surface area contributed by atoms with Crippen LogP contribution in [0.2, 0.25) is 0 Å². The maximum atomic E-state index is 13.5. The van der Waals surface area contributed by atoms with E-state index in [0.717, 1.165) is 36.6 Å². The molecule has 4 nitrogen and oxygen atoms in total. The van der Waals surface area contributed by atoms with Crippen LogP contribution in [0.1, 0.15) is 29.9 Å². The first kappa shape index (κ1) is 21.7. The standard InChI is InChI=1S/C24H23NO3S3/c1-14-6-9-17-16(12-14)21-22(30-31-23(21)29)24(2,3)25(17)20(26)11-8-15-7-10-18(27-4)19(13-15)28-5/h6-13H,1-5H3. The van der Waals surface area contributed by atoms with Gasteiger partial charge < -0.3 is 9.47 Å². The van der Waals surface area contributed by atoms with Gasteiger partial charge in [-0.25, -0.2) is 0 Å².